The highest BCUT2D eigenvalue weighted by molar-refractivity contribution is 5.94. The number of carbonyl (C=O) groups excluding carboxylic acids is 3. The molecule has 1 heterocycles. The van der Waals surface area contributed by atoms with Crippen LogP contribution in [0, 0.1) is 0 Å². The van der Waals surface area contributed by atoms with E-state index >= 15 is 0 Å². The summed E-state index contributed by atoms with van der Waals surface area (Å²) in [5, 5.41) is 34.2. The van der Waals surface area contributed by atoms with E-state index in [9.17, 15) is 29.1 Å². The molecule has 1 rings (SSSR count). The maximum Gasteiger partial charge on any atom is 0.328 e. The Morgan fingerprint density at radius 1 is 0.943 bits per heavy atom. The van der Waals surface area contributed by atoms with Crippen LogP contribution < -0.4 is 27.4 Å². The SMILES string of the molecule is NCCCCC(N)C(=O)NC(CCC(=O)O)C(=O)NC(Cc1cnc[nH]1)C(=O)NC(CO)C(=O)O. The molecule has 35 heavy (non-hydrogen) atoms. The number of rotatable bonds is 17. The van der Waals surface area contributed by atoms with E-state index in [1.54, 1.807) is 0 Å². The molecule has 0 fully saturated rings. The highest BCUT2D eigenvalue weighted by Gasteiger charge is 2.30. The molecular weight excluding hydrogens is 466 g/mol. The van der Waals surface area contributed by atoms with Gasteiger partial charge < -0.3 is 47.7 Å². The smallest absolute Gasteiger partial charge is 0.328 e. The van der Waals surface area contributed by atoms with E-state index < -0.39 is 66.9 Å². The summed E-state index contributed by atoms with van der Waals surface area (Å²) in [6, 6.07) is -5.23. The number of carboxylic acid groups (broad SMARTS) is 2. The van der Waals surface area contributed by atoms with Gasteiger partial charge in [0.05, 0.1) is 19.0 Å². The molecule has 0 bridgehead atoms. The largest absolute Gasteiger partial charge is 0.481 e. The van der Waals surface area contributed by atoms with Gasteiger partial charge in [0.15, 0.2) is 0 Å². The lowest BCUT2D eigenvalue weighted by Gasteiger charge is -2.24. The van der Waals surface area contributed by atoms with Gasteiger partial charge in [-0.05, 0) is 25.8 Å². The molecule has 1 aromatic heterocycles. The van der Waals surface area contributed by atoms with Gasteiger partial charge in [-0.15, -0.1) is 0 Å². The number of hydrogen-bond donors (Lipinski definition) is 9. The summed E-state index contributed by atoms with van der Waals surface area (Å²) in [7, 11) is 0. The van der Waals surface area contributed by atoms with Crippen molar-refractivity contribution >= 4 is 29.7 Å². The van der Waals surface area contributed by atoms with E-state index in [0.29, 0.717) is 31.5 Å². The zero-order valence-corrected chi connectivity index (χ0v) is 19.1. The van der Waals surface area contributed by atoms with Crippen molar-refractivity contribution in [2.75, 3.05) is 13.2 Å². The summed E-state index contributed by atoms with van der Waals surface area (Å²) in [6.45, 7) is -0.456. The van der Waals surface area contributed by atoms with Gasteiger partial charge in [0.25, 0.3) is 0 Å². The number of imidazole rings is 1. The van der Waals surface area contributed by atoms with Crippen molar-refractivity contribution in [2.24, 2.45) is 11.5 Å². The van der Waals surface area contributed by atoms with E-state index in [1.165, 1.54) is 12.5 Å². The molecule has 1 aromatic rings. The number of aromatic nitrogens is 2. The fourth-order valence-electron chi connectivity index (χ4n) is 3.01. The molecule has 0 saturated heterocycles. The molecule has 0 aromatic carbocycles. The average molecular weight is 500 g/mol. The van der Waals surface area contributed by atoms with Crippen LogP contribution in [0.25, 0.3) is 0 Å². The quantitative estimate of drug-likeness (QED) is 0.0963. The second-order valence-electron chi connectivity index (χ2n) is 7.81. The summed E-state index contributed by atoms with van der Waals surface area (Å²) < 4.78 is 0. The predicted octanol–water partition coefficient (Wildman–Crippen LogP) is -3.20. The van der Waals surface area contributed by atoms with Crippen LogP contribution >= 0.6 is 0 Å². The van der Waals surface area contributed by atoms with E-state index in [4.69, 9.17) is 21.7 Å². The third-order valence-corrected chi connectivity index (χ3v) is 4.99. The number of aliphatic hydroxyl groups is 1. The van der Waals surface area contributed by atoms with Crippen LogP contribution in [0.5, 0.6) is 0 Å². The Morgan fingerprint density at radius 2 is 1.57 bits per heavy atom. The van der Waals surface area contributed by atoms with Crippen LogP contribution in [0.3, 0.4) is 0 Å². The second-order valence-corrected chi connectivity index (χ2v) is 7.81. The third kappa shape index (κ3) is 10.9. The van der Waals surface area contributed by atoms with Crippen molar-refractivity contribution < 1.29 is 39.3 Å². The minimum Gasteiger partial charge on any atom is -0.481 e. The van der Waals surface area contributed by atoms with Crippen molar-refractivity contribution in [3.05, 3.63) is 18.2 Å². The summed E-state index contributed by atoms with van der Waals surface area (Å²) >= 11 is 0. The van der Waals surface area contributed by atoms with Gasteiger partial charge in [0.2, 0.25) is 17.7 Å². The molecule has 4 atom stereocenters. The highest BCUT2D eigenvalue weighted by Crippen LogP contribution is 2.05. The highest BCUT2D eigenvalue weighted by atomic mass is 16.4. The number of carboxylic acids is 2. The molecule has 0 aliphatic rings. The lowest BCUT2D eigenvalue weighted by atomic mass is 10.1. The zero-order chi connectivity index (χ0) is 26.4. The Bertz CT molecular complexity index is 849. The van der Waals surface area contributed by atoms with Gasteiger partial charge >= 0.3 is 11.9 Å². The predicted molar refractivity (Wildman–Crippen MR) is 121 cm³/mol. The first-order chi connectivity index (χ1) is 16.6. The number of amides is 3. The summed E-state index contributed by atoms with van der Waals surface area (Å²) in [5.41, 5.74) is 11.7. The fraction of sp³-hybridized carbons (Fsp3) is 0.600. The molecule has 3 amide bonds. The number of nitrogens with one attached hydrogen (secondary N) is 4. The minimum atomic E-state index is -1.61. The van der Waals surface area contributed by atoms with Crippen LogP contribution in [0.4, 0.5) is 0 Å². The Balaban J connectivity index is 3.00. The molecule has 4 unspecified atom stereocenters. The first kappa shape index (κ1) is 29.5. The summed E-state index contributed by atoms with van der Waals surface area (Å²) in [6.07, 6.45) is 3.39. The Morgan fingerprint density at radius 3 is 2.11 bits per heavy atom. The molecule has 15 heteroatoms. The number of unbranched alkanes of at least 4 members (excludes halogenated alkanes) is 1. The first-order valence-electron chi connectivity index (χ1n) is 11.0. The van der Waals surface area contributed by atoms with Crippen molar-refractivity contribution in [3.63, 3.8) is 0 Å². The number of hydrogen-bond acceptors (Lipinski definition) is 9. The molecule has 15 nitrogen and oxygen atoms in total. The minimum absolute atomic E-state index is 0.131. The van der Waals surface area contributed by atoms with Gasteiger partial charge in [-0.25, -0.2) is 9.78 Å². The van der Waals surface area contributed by atoms with Crippen LogP contribution in [-0.4, -0.2) is 92.3 Å². The van der Waals surface area contributed by atoms with Crippen LogP contribution in [0.15, 0.2) is 12.5 Å². The van der Waals surface area contributed by atoms with Crippen LogP contribution in [0.1, 0.15) is 37.8 Å². The van der Waals surface area contributed by atoms with Gasteiger partial charge in [-0.2, -0.15) is 0 Å². The molecular formula is C20H33N7O8. The fourth-order valence-corrected chi connectivity index (χ4v) is 3.01. The van der Waals surface area contributed by atoms with Gasteiger partial charge in [0.1, 0.15) is 18.1 Å². The van der Waals surface area contributed by atoms with E-state index in [1.807, 2.05) is 0 Å². The molecule has 0 aliphatic carbocycles. The number of carbonyl (C=O) groups is 5. The maximum atomic E-state index is 13.0. The molecule has 11 N–H and O–H groups in total. The van der Waals surface area contributed by atoms with Gasteiger partial charge in [-0.3, -0.25) is 19.2 Å². The monoisotopic (exact) mass is 499 g/mol. The molecule has 196 valence electrons. The number of aliphatic carboxylic acids is 2. The lowest BCUT2D eigenvalue weighted by molar-refractivity contribution is -0.143. The van der Waals surface area contributed by atoms with Gasteiger partial charge in [0, 0.05) is 24.7 Å². The first-order valence-corrected chi connectivity index (χ1v) is 11.0. The number of aliphatic hydroxyl groups excluding tert-OH is 1. The third-order valence-electron chi connectivity index (χ3n) is 4.99. The van der Waals surface area contributed by atoms with Crippen LogP contribution in [-0.2, 0) is 30.4 Å². The Hall–Kier alpha value is -3.56. The van der Waals surface area contributed by atoms with Crippen LogP contribution in [0.2, 0.25) is 0 Å². The topological polar surface area (TPSA) is 263 Å². The van der Waals surface area contributed by atoms with Crippen molar-refractivity contribution in [3.8, 4) is 0 Å². The zero-order valence-electron chi connectivity index (χ0n) is 19.1. The number of aromatic amines is 1. The summed E-state index contributed by atoms with van der Waals surface area (Å²) in [4.78, 5) is 66.9. The molecule has 0 radical (unpaired) electrons. The van der Waals surface area contributed by atoms with E-state index in [0.717, 1.165) is 0 Å². The second kappa shape index (κ2) is 15.4. The molecule has 0 saturated carbocycles. The van der Waals surface area contributed by atoms with E-state index in [-0.39, 0.29) is 12.8 Å². The Kier molecular flexibility index (Phi) is 12.9. The normalized spacial score (nSPS) is 14.3. The average Bonchev–Trinajstić information content (AvgIpc) is 3.32. The van der Waals surface area contributed by atoms with Gasteiger partial charge in [-0.1, -0.05) is 6.42 Å². The Labute approximate surface area is 201 Å². The van der Waals surface area contributed by atoms with Crippen molar-refractivity contribution in [2.45, 2.75) is 62.7 Å². The summed E-state index contributed by atoms with van der Waals surface area (Å²) in [5.74, 6) is -5.15. The maximum absolute atomic E-state index is 13.0. The molecule has 0 spiro atoms. The number of nitrogens with two attached hydrogens (primary N) is 2. The molecule has 0 aliphatic heterocycles. The number of H-pyrrole nitrogens is 1. The standard InChI is InChI=1S/C20H33N7O8/c21-6-2-1-3-12(22)17(31)25-13(4-5-16(29)30)18(32)26-14(7-11-8-23-10-24-11)19(33)27-15(9-28)20(34)35/h8,10,12-15,28H,1-7,9,21-22H2,(H,23,24)(H,25,31)(H,26,32)(H,27,33)(H,29,30)(H,34,35). The number of nitrogens with zero attached hydrogens (tertiary/aromatic N) is 1. The van der Waals surface area contributed by atoms with E-state index in [2.05, 4.69) is 25.9 Å². The van der Waals surface area contributed by atoms with Crippen molar-refractivity contribution in [1.29, 1.82) is 0 Å². The lowest BCUT2D eigenvalue weighted by Crippen LogP contribution is -2.58. The van der Waals surface area contributed by atoms with Crippen molar-refractivity contribution in [1.82, 2.24) is 25.9 Å².